The highest BCUT2D eigenvalue weighted by Crippen LogP contribution is 2.13. The summed E-state index contributed by atoms with van der Waals surface area (Å²) in [5.74, 6) is -0.306. The topological polar surface area (TPSA) is 79.8 Å². The van der Waals surface area contributed by atoms with E-state index in [-0.39, 0.29) is 11.4 Å². The van der Waals surface area contributed by atoms with E-state index < -0.39 is 11.2 Å². The van der Waals surface area contributed by atoms with Crippen LogP contribution >= 0.6 is 0 Å². The van der Waals surface area contributed by atoms with Crippen LogP contribution in [0.15, 0.2) is 14.6 Å². The van der Waals surface area contributed by atoms with Gasteiger partial charge < -0.3 is 10.0 Å². The van der Waals surface area contributed by atoms with Gasteiger partial charge in [0.05, 0.1) is 5.71 Å². The van der Waals surface area contributed by atoms with Crippen molar-refractivity contribution in [3.05, 3.63) is 26.4 Å². The quantitative estimate of drug-likeness (QED) is 0.617. The molecular weight excluding hydrogens is 308 g/mol. The van der Waals surface area contributed by atoms with Gasteiger partial charge in [0.15, 0.2) is 0 Å². The Kier molecular flexibility index (Phi) is 6.36. The van der Waals surface area contributed by atoms with E-state index in [1.807, 2.05) is 6.92 Å². The van der Waals surface area contributed by atoms with Gasteiger partial charge in [-0.25, -0.2) is 4.79 Å². The zero-order chi connectivity index (χ0) is 17.7. The lowest BCUT2D eigenvalue weighted by Crippen LogP contribution is -2.40. The maximum atomic E-state index is 12.3. The van der Waals surface area contributed by atoms with Crippen LogP contribution in [-0.4, -0.2) is 51.0 Å². The first-order valence-electron chi connectivity index (χ1n) is 8.72. The predicted octanol–water partition coefficient (Wildman–Crippen LogP) is 0.865. The van der Waals surface area contributed by atoms with Crippen molar-refractivity contribution in [2.24, 2.45) is 19.1 Å². The molecule has 0 spiro atoms. The number of hydrogen-bond donors (Lipinski definition) is 1. The van der Waals surface area contributed by atoms with Crippen molar-refractivity contribution >= 4 is 5.71 Å². The van der Waals surface area contributed by atoms with E-state index in [9.17, 15) is 14.7 Å². The van der Waals surface area contributed by atoms with E-state index in [1.54, 1.807) is 0 Å². The molecule has 7 nitrogen and oxygen atoms in total. The minimum atomic E-state index is -0.540. The average Bonchev–Trinajstić information content (AvgIpc) is 2.61. The molecule has 0 aliphatic carbocycles. The van der Waals surface area contributed by atoms with Gasteiger partial charge in [-0.05, 0) is 45.3 Å². The van der Waals surface area contributed by atoms with Crippen LogP contribution < -0.4 is 11.2 Å². The number of aromatic hydroxyl groups is 1. The van der Waals surface area contributed by atoms with Crippen molar-refractivity contribution < 1.29 is 5.11 Å². The zero-order valence-corrected chi connectivity index (χ0v) is 14.9. The van der Waals surface area contributed by atoms with Crippen molar-refractivity contribution in [1.29, 1.82) is 0 Å². The minimum absolute atomic E-state index is 0.139. The summed E-state index contributed by atoms with van der Waals surface area (Å²) in [4.78, 5) is 31.2. The van der Waals surface area contributed by atoms with E-state index >= 15 is 0 Å². The molecule has 1 saturated heterocycles. The van der Waals surface area contributed by atoms with E-state index in [2.05, 4.69) is 9.89 Å². The van der Waals surface area contributed by atoms with E-state index in [4.69, 9.17) is 0 Å². The van der Waals surface area contributed by atoms with Gasteiger partial charge in [0, 0.05) is 20.6 Å². The molecule has 1 aromatic rings. The number of hydrogen-bond acceptors (Lipinski definition) is 5. The lowest BCUT2D eigenvalue weighted by Gasteiger charge is -2.25. The van der Waals surface area contributed by atoms with Gasteiger partial charge in [-0.3, -0.25) is 18.9 Å². The maximum Gasteiger partial charge on any atom is 0.333 e. The Morgan fingerprint density at radius 3 is 2.42 bits per heavy atom. The molecule has 0 unspecified atom stereocenters. The number of nitrogens with zero attached hydrogens (tertiary/aromatic N) is 4. The van der Waals surface area contributed by atoms with Crippen molar-refractivity contribution in [1.82, 2.24) is 14.0 Å². The first-order valence-corrected chi connectivity index (χ1v) is 8.72. The standard InChI is InChI=1S/C17H28N4O3/c1-4-13(18-9-8-12-21-10-6-5-7-11-21)14-15(22)19(2)17(24)20(3)16(14)23/h22H,4-12H2,1-3H3. The molecule has 1 fully saturated rings. The van der Waals surface area contributed by atoms with E-state index in [1.165, 1.54) is 33.4 Å². The molecule has 1 aliphatic heterocycles. The van der Waals surface area contributed by atoms with Crippen molar-refractivity contribution in [2.75, 3.05) is 26.2 Å². The van der Waals surface area contributed by atoms with Gasteiger partial charge in [0.25, 0.3) is 5.56 Å². The monoisotopic (exact) mass is 336 g/mol. The number of likely N-dealkylation sites (tertiary alicyclic amines) is 1. The molecule has 0 saturated carbocycles. The second-order valence-corrected chi connectivity index (χ2v) is 6.34. The Morgan fingerprint density at radius 2 is 1.79 bits per heavy atom. The third kappa shape index (κ3) is 3.95. The SMILES string of the molecule is CCC(=NCCCN1CCCCC1)c1c(O)n(C)c(=O)n(C)c1=O. The van der Waals surface area contributed by atoms with E-state index in [0.29, 0.717) is 18.7 Å². The lowest BCUT2D eigenvalue weighted by atomic mass is 10.1. The molecule has 0 amide bonds. The minimum Gasteiger partial charge on any atom is -0.494 e. The summed E-state index contributed by atoms with van der Waals surface area (Å²) in [5, 5.41) is 10.2. The molecule has 134 valence electrons. The third-order valence-corrected chi connectivity index (χ3v) is 4.64. The molecule has 2 rings (SSSR count). The summed E-state index contributed by atoms with van der Waals surface area (Å²) in [7, 11) is 2.86. The average molecular weight is 336 g/mol. The van der Waals surface area contributed by atoms with Crippen LogP contribution in [0.4, 0.5) is 0 Å². The number of aromatic nitrogens is 2. The van der Waals surface area contributed by atoms with Gasteiger partial charge >= 0.3 is 5.69 Å². The summed E-state index contributed by atoms with van der Waals surface area (Å²) < 4.78 is 2.09. The van der Waals surface area contributed by atoms with Gasteiger partial charge in [-0.1, -0.05) is 13.3 Å². The van der Waals surface area contributed by atoms with Crippen LogP contribution in [0.25, 0.3) is 0 Å². The van der Waals surface area contributed by atoms with Crippen molar-refractivity contribution in [2.45, 2.75) is 39.0 Å². The molecule has 1 aromatic heterocycles. The van der Waals surface area contributed by atoms with Gasteiger partial charge in [-0.15, -0.1) is 0 Å². The van der Waals surface area contributed by atoms with Crippen LogP contribution in [0, 0.1) is 0 Å². The summed E-state index contributed by atoms with van der Waals surface area (Å²) in [6.45, 7) is 5.84. The highest BCUT2D eigenvalue weighted by molar-refractivity contribution is 6.01. The molecule has 1 aliphatic rings. The van der Waals surface area contributed by atoms with Crippen LogP contribution in [-0.2, 0) is 14.1 Å². The Hall–Kier alpha value is -1.89. The molecule has 0 radical (unpaired) electrons. The molecule has 24 heavy (non-hydrogen) atoms. The van der Waals surface area contributed by atoms with Crippen LogP contribution in [0.2, 0.25) is 0 Å². The second-order valence-electron chi connectivity index (χ2n) is 6.34. The lowest BCUT2D eigenvalue weighted by molar-refractivity contribution is 0.228. The number of piperidine rings is 1. The highest BCUT2D eigenvalue weighted by Gasteiger charge is 2.18. The molecule has 0 atom stereocenters. The summed E-state index contributed by atoms with van der Waals surface area (Å²) in [6.07, 6.45) is 5.32. The van der Waals surface area contributed by atoms with Crippen LogP contribution in [0.1, 0.15) is 44.6 Å². The Balaban J connectivity index is 2.13. The maximum absolute atomic E-state index is 12.3. The molecule has 0 aromatic carbocycles. The van der Waals surface area contributed by atoms with Crippen LogP contribution in [0.5, 0.6) is 5.88 Å². The molecule has 2 heterocycles. The first kappa shape index (κ1) is 18.4. The van der Waals surface area contributed by atoms with Gasteiger partial charge in [-0.2, -0.15) is 0 Å². The normalized spacial score (nSPS) is 16.5. The number of aliphatic imine (C=N–C) groups is 1. The largest absolute Gasteiger partial charge is 0.494 e. The molecular formula is C17H28N4O3. The van der Waals surface area contributed by atoms with Crippen molar-refractivity contribution in [3.63, 3.8) is 0 Å². The summed E-state index contributed by atoms with van der Waals surface area (Å²) in [6, 6.07) is 0. The predicted molar refractivity (Wildman–Crippen MR) is 95.2 cm³/mol. The molecule has 1 N–H and O–H groups in total. The summed E-state index contributed by atoms with van der Waals surface area (Å²) >= 11 is 0. The fourth-order valence-electron chi connectivity index (χ4n) is 3.14. The zero-order valence-electron chi connectivity index (χ0n) is 14.9. The number of rotatable bonds is 6. The highest BCUT2D eigenvalue weighted by atomic mass is 16.3. The van der Waals surface area contributed by atoms with Gasteiger partial charge in [0.2, 0.25) is 5.88 Å². The Labute approximate surface area is 142 Å². The molecule has 7 heteroatoms. The first-order chi connectivity index (χ1) is 11.5. The Bertz CT molecular complexity index is 712. The second kappa shape index (κ2) is 8.28. The van der Waals surface area contributed by atoms with E-state index in [0.717, 1.165) is 35.2 Å². The fourth-order valence-corrected chi connectivity index (χ4v) is 3.14. The fraction of sp³-hybridized carbons (Fsp3) is 0.706. The van der Waals surface area contributed by atoms with Gasteiger partial charge in [0.1, 0.15) is 5.56 Å². The van der Waals surface area contributed by atoms with Crippen molar-refractivity contribution in [3.8, 4) is 5.88 Å². The van der Waals surface area contributed by atoms with Crippen LogP contribution in [0.3, 0.4) is 0 Å². The Morgan fingerprint density at radius 1 is 1.12 bits per heavy atom. The smallest absolute Gasteiger partial charge is 0.333 e. The summed E-state index contributed by atoms with van der Waals surface area (Å²) in [5.41, 5.74) is -0.337. The third-order valence-electron chi connectivity index (χ3n) is 4.64. The molecule has 0 bridgehead atoms.